The van der Waals surface area contributed by atoms with Crippen LogP contribution in [0.5, 0.6) is 0 Å². The molecule has 0 spiro atoms. The van der Waals surface area contributed by atoms with Crippen LogP contribution in [0.25, 0.3) is 0 Å². The molecule has 0 unspecified atom stereocenters. The summed E-state index contributed by atoms with van der Waals surface area (Å²) in [7, 11) is -3.46. The number of benzene rings is 1. The summed E-state index contributed by atoms with van der Waals surface area (Å²) in [6.07, 6.45) is 0.940. The van der Waals surface area contributed by atoms with Crippen molar-refractivity contribution in [2.24, 2.45) is 5.73 Å². The zero-order valence-electron chi connectivity index (χ0n) is 11.6. The van der Waals surface area contributed by atoms with E-state index in [0.717, 1.165) is 18.7 Å². The fraction of sp³-hybridized carbons (Fsp3) is 0.538. The largest absolute Gasteiger partial charge is 0.369 e. The molecule has 3 N–H and O–H groups in total. The summed E-state index contributed by atoms with van der Waals surface area (Å²) in [6.45, 7) is 6.13. The predicted molar refractivity (Wildman–Crippen MR) is 78.9 cm³/mol. The van der Waals surface area contributed by atoms with Crippen LogP contribution in [0.4, 0.5) is 5.69 Å². The van der Waals surface area contributed by atoms with Crippen molar-refractivity contribution in [1.29, 1.82) is 0 Å². The Morgan fingerprint density at radius 1 is 1.21 bits per heavy atom. The molecule has 1 aromatic carbocycles. The van der Waals surface area contributed by atoms with Crippen LogP contribution in [0.2, 0.25) is 0 Å². The molecular formula is C13H23N3O2S. The van der Waals surface area contributed by atoms with Crippen LogP contribution in [0.15, 0.2) is 29.2 Å². The number of hydrogen-bond acceptors (Lipinski definition) is 4. The van der Waals surface area contributed by atoms with E-state index in [4.69, 9.17) is 5.73 Å². The van der Waals surface area contributed by atoms with E-state index in [9.17, 15) is 8.42 Å². The van der Waals surface area contributed by atoms with Gasteiger partial charge in [0.15, 0.2) is 0 Å². The maximum atomic E-state index is 12.2. The average molecular weight is 285 g/mol. The van der Waals surface area contributed by atoms with E-state index in [1.54, 1.807) is 19.1 Å². The lowest BCUT2D eigenvalue weighted by Gasteiger charge is -2.26. The van der Waals surface area contributed by atoms with Gasteiger partial charge in [-0.2, -0.15) is 0 Å². The van der Waals surface area contributed by atoms with E-state index in [-0.39, 0.29) is 0 Å². The summed E-state index contributed by atoms with van der Waals surface area (Å²) in [5.41, 5.74) is 6.33. The molecule has 0 saturated carbocycles. The maximum absolute atomic E-state index is 12.2. The Hall–Kier alpha value is -1.11. The number of hydrogen-bond donors (Lipinski definition) is 2. The van der Waals surface area contributed by atoms with Crippen molar-refractivity contribution in [2.45, 2.75) is 25.2 Å². The van der Waals surface area contributed by atoms with Crippen LogP contribution in [-0.2, 0) is 10.0 Å². The molecule has 1 aromatic rings. The van der Waals surface area contributed by atoms with Crippen LogP contribution in [-0.4, -0.2) is 34.6 Å². The number of para-hydroxylation sites is 1. The first-order chi connectivity index (χ1) is 9.06. The third kappa shape index (κ3) is 4.19. The monoisotopic (exact) mass is 285 g/mol. The number of nitrogens with two attached hydrogens (primary N) is 1. The molecule has 0 atom stereocenters. The molecule has 0 aliphatic rings. The standard InChI is InChI=1S/C13H23N3O2S/c1-3-10-16(11-9-14)12-7-5-6-8-13(12)19(17,18)15-4-2/h5-8,15H,3-4,9-11,14H2,1-2H3. The van der Waals surface area contributed by atoms with Gasteiger partial charge in [-0.05, 0) is 18.6 Å². The fourth-order valence-electron chi connectivity index (χ4n) is 1.99. The van der Waals surface area contributed by atoms with Crippen molar-refractivity contribution in [3.8, 4) is 0 Å². The van der Waals surface area contributed by atoms with Crippen LogP contribution in [0, 0.1) is 0 Å². The smallest absolute Gasteiger partial charge is 0.242 e. The average Bonchev–Trinajstić information content (AvgIpc) is 2.38. The van der Waals surface area contributed by atoms with Gasteiger partial charge in [0.05, 0.1) is 5.69 Å². The van der Waals surface area contributed by atoms with E-state index < -0.39 is 10.0 Å². The van der Waals surface area contributed by atoms with Gasteiger partial charge in [-0.3, -0.25) is 0 Å². The van der Waals surface area contributed by atoms with Crippen molar-refractivity contribution in [3.05, 3.63) is 24.3 Å². The third-order valence-corrected chi connectivity index (χ3v) is 4.32. The number of nitrogens with one attached hydrogen (secondary N) is 1. The molecule has 0 amide bonds. The quantitative estimate of drug-likeness (QED) is 0.751. The van der Waals surface area contributed by atoms with Gasteiger partial charge in [-0.15, -0.1) is 0 Å². The lowest BCUT2D eigenvalue weighted by atomic mass is 10.2. The predicted octanol–water partition coefficient (Wildman–Crippen LogP) is 1.16. The van der Waals surface area contributed by atoms with Crippen LogP contribution in [0.3, 0.4) is 0 Å². The highest BCUT2D eigenvalue weighted by Crippen LogP contribution is 2.24. The van der Waals surface area contributed by atoms with Crippen molar-refractivity contribution >= 4 is 15.7 Å². The van der Waals surface area contributed by atoms with Crippen molar-refractivity contribution in [2.75, 3.05) is 31.1 Å². The molecule has 0 bridgehead atoms. The fourth-order valence-corrected chi connectivity index (χ4v) is 3.26. The van der Waals surface area contributed by atoms with Crippen molar-refractivity contribution < 1.29 is 8.42 Å². The lowest BCUT2D eigenvalue weighted by molar-refractivity contribution is 0.583. The lowest BCUT2D eigenvalue weighted by Crippen LogP contribution is -2.33. The Kier molecular flexibility index (Phi) is 6.27. The van der Waals surface area contributed by atoms with Gasteiger partial charge in [0, 0.05) is 26.2 Å². The zero-order valence-corrected chi connectivity index (χ0v) is 12.4. The Morgan fingerprint density at radius 2 is 1.89 bits per heavy atom. The maximum Gasteiger partial charge on any atom is 0.242 e. The minimum atomic E-state index is -3.46. The Morgan fingerprint density at radius 3 is 2.47 bits per heavy atom. The van der Waals surface area contributed by atoms with Gasteiger partial charge < -0.3 is 10.6 Å². The van der Waals surface area contributed by atoms with Gasteiger partial charge in [-0.1, -0.05) is 26.0 Å². The molecule has 0 saturated heterocycles. The molecule has 0 fully saturated rings. The summed E-state index contributed by atoms with van der Waals surface area (Å²) in [6, 6.07) is 7.04. The normalized spacial score (nSPS) is 11.5. The minimum absolute atomic E-state index is 0.318. The highest BCUT2D eigenvalue weighted by Gasteiger charge is 2.20. The van der Waals surface area contributed by atoms with E-state index in [2.05, 4.69) is 11.6 Å². The Labute approximate surface area is 115 Å². The molecule has 0 aliphatic carbocycles. The molecule has 0 aliphatic heterocycles. The molecular weight excluding hydrogens is 262 g/mol. The molecule has 5 nitrogen and oxygen atoms in total. The first kappa shape index (κ1) is 15.9. The highest BCUT2D eigenvalue weighted by atomic mass is 32.2. The first-order valence-electron chi connectivity index (χ1n) is 6.60. The third-order valence-electron chi connectivity index (χ3n) is 2.72. The summed E-state index contributed by atoms with van der Waals surface area (Å²) >= 11 is 0. The Balaban J connectivity index is 3.20. The van der Waals surface area contributed by atoms with Gasteiger partial charge in [0.1, 0.15) is 4.90 Å². The Bertz CT molecular complexity index is 482. The molecule has 0 radical (unpaired) electrons. The van der Waals surface area contributed by atoms with Gasteiger partial charge in [0.25, 0.3) is 0 Å². The van der Waals surface area contributed by atoms with Crippen LogP contribution in [0.1, 0.15) is 20.3 Å². The molecule has 0 aromatic heterocycles. The molecule has 0 heterocycles. The molecule has 1 rings (SSSR count). The summed E-state index contributed by atoms with van der Waals surface area (Å²) in [5.74, 6) is 0. The van der Waals surface area contributed by atoms with Gasteiger partial charge >= 0.3 is 0 Å². The SMILES string of the molecule is CCCN(CCN)c1ccccc1S(=O)(=O)NCC. The summed E-state index contributed by atoms with van der Waals surface area (Å²) in [5, 5.41) is 0. The first-order valence-corrected chi connectivity index (χ1v) is 8.08. The topological polar surface area (TPSA) is 75.4 Å². The van der Waals surface area contributed by atoms with Crippen molar-refractivity contribution in [3.63, 3.8) is 0 Å². The minimum Gasteiger partial charge on any atom is -0.369 e. The molecule has 6 heteroatoms. The number of nitrogens with zero attached hydrogens (tertiary/aromatic N) is 1. The van der Waals surface area contributed by atoms with E-state index in [1.807, 2.05) is 17.0 Å². The van der Waals surface area contributed by atoms with Gasteiger partial charge in [-0.25, -0.2) is 13.1 Å². The summed E-state index contributed by atoms with van der Waals surface area (Å²) < 4.78 is 26.9. The zero-order chi connectivity index (χ0) is 14.3. The molecule has 108 valence electrons. The number of sulfonamides is 1. The van der Waals surface area contributed by atoms with Crippen LogP contribution >= 0.6 is 0 Å². The second-order valence-corrected chi connectivity index (χ2v) is 5.98. The second-order valence-electron chi connectivity index (χ2n) is 4.24. The molecule has 19 heavy (non-hydrogen) atoms. The van der Waals surface area contributed by atoms with E-state index in [1.165, 1.54) is 0 Å². The van der Waals surface area contributed by atoms with E-state index in [0.29, 0.717) is 24.5 Å². The summed E-state index contributed by atoms with van der Waals surface area (Å²) in [4.78, 5) is 2.34. The van der Waals surface area contributed by atoms with Crippen molar-refractivity contribution in [1.82, 2.24) is 4.72 Å². The van der Waals surface area contributed by atoms with E-state index >= 15 is 0 Å². The number of rotatable bonds is 8. The highest BCUT2D eigenvalue weighted by molar-refractivity contribution is 7.89. The van der Waals surface area contributed by atoms with Gasteiger partial charge in [0.2, 0.25) is 10.0 Å². The number of anilines is 1. The second kappa shape index (κ2) is 7.47. The van der Waals surface area contributed by atoms with Crippen LogP contribution < -0.4 is 15.4 Å².